The van der Waals surface area contributed by atoms with Crippen molar-refractivity contribution in [1.29, 1.82) is 0 Å². The molecule has 0 amide bonds. The number of hydrogen-bond donors (Lipinski definition) is 1. The number of likely N-dealkylation sites (tertiary alicyclic amines) is 1. The Bertz CT molecular complexity index is 515. The molecule has 0 bridgehead atoms. The van der Waals surface area contributed by atoms with Crippen molar-refractivity contribution in [3.05, 3.63) is 23.5 Å². The van der Waals surface area contributed by atoms with Crippen molar-refractivity contribution < 1.29 is 5.11 Å². The van der Waals surface area contributed by atoms with Crippen LogP contribution in [0.25, 0.3) is 0 Å². The van der Waals surface area contributed by atoms with Gasteiger partial charge in [-0.1, -0.05) is 13.8 Å². The summed E-state index contributed by atoms with van der Waals surface area (Å²) in [4.78, 5) is 2.67. The number of rotatable bonds is 2. The molecule has 3 aliphatic rings. The lowest BCUT2D eigenvalue weighted by molar-refractivity contribution is 0.0974. The molecule has 4 rings (SSSR count). The molecule has 3 nitrogen and oxygen atoms in total. The van der Waals surface area contributed by atoms with Crippen molar-refractivity contribution in [2.45, 2.75) is 64.1 Å². The van der Waals surface area contributed by atoms with Crippen molar-refractivity contribution in [1.82, 2.24) is 9.47 Å². The highest BCUT2D eigenvalue weighted by Crippen LogP contribution is 2.43. The van der Waals surface area contributed by atoms with Crippen LogP contribution >= 0.6 is 0 Å². The summed E-state index contributed by atoms with van der Waals surface area (Å²) in [6.07, 6.45) is 8.04. The highest BCUT2D eigenvalue weighted by atomic mass is 16.3. The predicted molar refractivity (Wildman–Crippen MR) is 79.7 cm³/mol. The molecule has 110 valence electrons. The zero-order chi connectivity index (χ0) is 13.9. The van der Waals surface area contributed by atoms with Crippen LogP contribution in [0.2, 0.25) is 0 Å². The molecule has 3 heteroatoms. The van der Waals surface area contributed by atoms with Crippen LogP contribution in [0.1, 0.15) is 62.9 Å². The van der Waals surface area contributed by atoms with Gasteiger partial charge in [0, 0.05) is 42.6 Å². The average Bonchev–Trinajstić information content (AvgIpc) is 2.95. The van der Waals surface area contributed by atoms with E-state index in [1.165, 1.54) is 43.6 Å². The van der Waals surface area contributed by atoms with E-state index in [2.05, 4.69) is 35.6 Å². The van der Waals surface area contributed by atoms with Gasteiger partial charge < -0.3 is 9.67 Å². The second kappa shape index (κ2) is 4.35. The van der Waals surface area contributed by atoms with Crippen LogP contribution in [0.5, 0.6) is 0 Å². The van der Waals surface area contributed by atoms with Crippen LogP contribution < -0.4 is 0 Å². The van der Waals surface area contributed by atoms with Crippen molar-refractivity contribution in [3.8, 4) is 0 Å². The average molecular weight is 274 g/mol. The van der Waals surface area contributed by atoms with Gasteiger partial charge in [-0.05, 0) is 43.6 Å². The molecule has 2 aliphatic carbocycles. The van der Waals surface area contributed by atoms with E-state index in [-0.39, 0.29) is 11.5 Å². The Morgan fingerprint density at radius 1 is 1.20 bits per heavy atom. The fourth-order valence-electron chi connectivity index (χ4n) is 4.26. The van der Waals surface area contributed by atoms with Gasteiger partial charge >= 0.3 is 0 Å². The summed E-state index contributed by atoms with van der Waals surface area (Å²) in [5.41, 5.74) is 2.81. The van der Waals surface area contributed by atoms with Crippen molar-refractivity contribution >= 4 is 0 Å². The van der Waals surface area contributed by atoms with Crippen molar-refractivity contribution in [2.75, 3.05) is 13.1 Å². The molecular formula is C17H26N2O. The molecule has 0 radical (unpaired) electrons. The highest BCUT2D eigenvalue weighted by molar-refractivity contribution is 5.30. The summed E-state index contributed by atoms with van der Waals surface area (Å²) in [7, 11) is 0. The third-order valence-corrected chi connectivity index (χ3v) is 5.46. The lowest BCUT2D eigenvalue weighted by Crippen LogP contribution is -2.28. The van der Waals surface area contributed by atoms with Gasteiger partial charge in [0.25, 0.3) is 0 Å². The first-order valence-corrected chi connectivity index (χ1v) is 8.15. The molecule has 2 atom stereocenters. The maximum atomic E-state index is 10.4. The zero-order valence-electron chi connectivity index (χ0n) is 12.7. The first kappa shape index (κ1) is 12.9. The molecule has 0 spiro atoms. The fraction of sp³-hybridized carbons (Fsp3) is 0.765. The molecule has 1 saturated carbocycles. The van der Waals surface area contributed by atoms with Crippen LogP contribution in [0.3, 0.4) is 0 Å². The Hall–Kier alpha value is -0.800. The third-order valence-electron chi connectivity index (χ3n) is 5.46. The van der Waals surface area contributed by atoms with E-state index in [1.54, 1.807) is 0 Å². The molecule has 2 heterocycles. The molecule has 1 aromatic heterocycles. The van der Waals surface area contributed by atoms with Crippen LogP contribution in [-0.4, -0.2) is 33.7 Å². The Morgan fingerprint density at radius 3 is 2.75 bits per heavy atom. The smallest absolute Gasteiger partial charge is 0.0812 e. The SMILES string of the molecule is CC1(C)Cc2c(ccn2C2CCN(C3CC3)C2)C(O)C1. The molecule has 1 N–H and O–H groups in total. The Balaban J connectivity index is 1.60. The minimum absolute atomic E-state index is 0.220. The van der Waals surface area contributed by atoms with Crippen molar-refractivity contribution in [3.63, 3.8) is 0 Å². The zero-order valence-corrected chi connectivity index (χ0v) is 12.7. The highest BCUT2D eigenvalue weighted by Gasteiger charge is 2.38. The Kier molecular flexibility index (Phi) is 2.80. The van der Waals surface area contributed by atoms with E-state index in [9.17, 15) is 5.11 Å². The van der Waals surface area contributed by atoms with E-state index in [0.29, 0.717) is 6.04 Å². The number of hydrogen-bond acceptors (Lipinski definition) is 2. The second-order valence-electron chi connectivity index (χ2n) is 7.85. The minimum atomic E-state index is -0.268. The van der Waals surface area contributed by atoms with Crippen LogP contribution in [0.15, 0.2) is 12.3 Å². The molecule has 1 aromatic rings. The maximum Gasteiger partial charge on any atom is 0.0812 e. The minimum Gasteiger partial charge on any atom is -0.388 e. The maximum absolute atomic E-state index is 10.4. The summed E-state index contributed by atoms with van der Waals surface area (Å²) in [5, 5.41) is 10.4. The van der Waals surface area contributed by atoms with E-state index in [4.69, 9.17) is 0 Å². The Morgan fingerprint density at radius 2 is 2.00 bits per heavy atom. The molecule has 2 unspecified atom stereocenters. The molecule has 1 aliphatic heterocycles. The summed E-state index contributed by atoms with van der Waals surface area (Å²) in [6.45, 7) is 7.03. The second-order valence-corrected chi connectivity index (χ2v) is 7.85. The van der Waals surface area contributed by atoms with Gasteiger partial charge in [0.15, 0.2) is 0 Å². The van der Waals surface area contributed by atoms with Gasteiger partial charge in [-0.2, -0.15) is 0 Å². The quantitative estimate of drug-likeness (QED) is 0.898. The van der Waals surface area contributed by atoms with Crippen molar-refractivity contribution in [2.24, 2.45) is 5.41 Å². The predicted octanol–water partition coefficient (Wildman–Crippen LogP) is 2.90. The monoisotopic (exact) mass is 274 g/mol. The molecule has 2 fully saturated rings. The molecule has 20 heavy (non-hydrogen) atoms. The van der Waals surface area contributed by atoms with Crippen LogP contribution in [0.4, 0.5) is 0 Å². The van der Waals surface area contributed by atoms with Gasteiger partial charge in [0.05, 0.1) is 6.10 Å². The number of aliphatic hydroxyl groups is 1. The van der Waals surface area contributed by atoms with E-state index in [0.717, 1.165) is 18.9 Å². The standard InChI is InChI=1S/C17H26N2O/c1-17(2)9-15-14(16(20)10-17)6-8-19(15)13-5-7-18(11-13)12-3-4-12/h6,8,12-13,16,20H,3-5,7,9-11H2,1-2H3. The topological polar surface area (TPSA) is 28.4 Å². The first-order chi connectivity index (χ1) is 9.53. The third kappa shape index (κ3) is 2.11. The number of aromatic nitrogens is 1. The number of fused-ring (bicyclic) bond motifs is 1. The molecular weight excluding hydrogens is 248 g/mol. The summed E-state index contributed by atoms with van der Waals surface area (Å²) < 4.78 is 2.49. The normalized spacial score (nSPS) is 33.4. The number of aliphatic hydroxyl groups excluding tert-OH is 1. The van der Waals surface area contributed by atoms with E-state index in [1.807, 2.05) is 0 Å². The van der Waals surface area contributed by atoms with E-state index < -0.39 is 0 Å². The lowest BCUT2D eigenvalue weighted by Gasteiger charge is -2.34. The fourth-order valence-corrected chi connectivity index (χ4v) is 4.26. The summed E-state index contributed by atoms with van der Waals surface area (Å²) >= 11 is 0. The van der Waals surface area contributed by atoms with Crippen LogP contribution in [0, 0.1) is 5.41 Å². The van der Waals surface area contributed by atoms with Gasteiger partial charge in [0.1, 0.15) is 0 Å². The summed E-state index contributed by atoms with van der Waals surface area (Å²) in [6, 6.07) is 3.67. The Labute approximate surface area is 121 Å². The number of nitrogens with zero attached hydrogens (tertiary/aromatic N) is 2. The van der Waals surface area contributed by atoms with E-state index >= 15 is 0 Å². The van der Waals surface area contributed by atoms with Crippen LogP contribution in [-0.2, 0) is 6.42 Å². The van der Waals surface area contributed by atoms with Gasteiger partial charge in [-0.25, -0.2) is 0 Å². The van der Waals surface area contributed by atoms with Gasteiger partial charge in [-0.15, -0.1) is 0 Å². The lowest BCUT2D eigenvalue weighted by atomic mass is 9.75. The molecule has 0 aromatic carbocycles. The van der Waals surface area contributed by atoms with Gasteiger partial charge in [0.2, 0.25) is 0 Å². The largest absolute Gasteiger partial charge is 0.388 e. The molecule has 1 saturated heterocycles. The summed E-state index contributed by atoms with van der Waals surface area (Å²) in [5.74, 6) is 0. The van der Waals surface area contributed by atoms with Gasteiger partial charge in [-0.3, -0.25) is 4.90 Å². The first-order valence-electron chi connectivity index (χ1n) is 8.15.